The van der Waals surface area contributed by atoms with Gasteiger partial charge in [-0.15, -0.1) is 0 Å². The Hall–Kier alpha value is -1.35. The molecule has 0 radical (unpaired) electrons. The first kappa shape index (κ1) is 10.8. The predicted octanol–water partition coefficient (Wildman–Crippen LogP) is 1.28. The van der Waals surface area contributed by atoms with Crippen LogP contribution in [0, 0.1) is 0 Å². The third-order valence-electron chi connectivity index (χ3n) is 4.10. The van der Waals surface area contributed by atoms with Crippen molar-refractivity contribution in [3.8, 4) is 0 Å². The number of fused-ring (bicyclic) bond motifs is 2. The van der Waals surface area contributed by atoms with Crippen molar-refractivity contribution in [1.82, 2.24) is 10.2 Å². The van der Waals surface area contributed by atoms with Gasteiger partial charge in [-0.05, 0) is 31.0 Å². The molecule has 0 saturated carbocycles. The highest BCUT2D eigenvalue weighted by Crippen LogP contribution is 2.37. The standard InChI is InChI=1S/C14H18N2O/c1-16-8-6-14(7-9-16)12-5-3-2-4-11(12)10-13(17)15-14/h2-5H,6-10H2,1H3,(H,15,17). The molecule has 1 amide bonds. The number of carbonyl (C=O) groups excluding carboxylic acids is 1. The van der Waals surface area contributed by atoms with Crippen LogP contribution in [0.2, 0.25) is 0 Å². The summed E-state index contributed by atoms with van der Waals surface area (Å²) in [6, 6.07) is 8.38. The van der Waals surface area contributed by atoms with Crippen LogP contribution in [0.15, 0.2) is 24.3 Å². The normalized spacial score (nSPS) is 23.2. The minimum atomic E-state index is -0.0988. The number of likely N-dealkylation sites (tertiary alicyclic amines) is 1. The number of amides is 1. The van der Waals surface area contributed by atoms with Gasteiger partial charge in [-0.25, -0.2) is 0 Å². The highest BCUT2D eigenvalue weighted by molar-refractivity contribution is 5.82. The lowest BCUT2D eigenvalue weighted by atomic mass is 9.76. The maximum absolute atomic E-state index is 11.9. The molecule has 90 valence electrons. The van der Waals surface area contributed by atoms with Crippen molar-refractivity contribution < 1.29 is 4.79 Å². The van der Waals surface area contributed by atoms with Crippen molar-refractivity contribution in [3.63, 3.8) is 0 Å². The van der Waals surface area contributed by atoms with E-state index in [9.17, 15) is 4.79 Å². The fourth-order valence-electron chi connectivity index (χ4n) is 3.09. The molecule has 2 aliphatic rings. The second-order valence-electron chi connectivity index (χ2n) is 5.27. The number of benzene rings is 1. The number of nitrogens with one attached hydrogen (secondary N) is 1. The van der Waals surface area contributed by atoms with E-state index in [4.69, 9.17) is 0 Å². The molecule has 3 nitrogen and oxygen atoms in total. The molecule has 1 fully saturated rings. The van der Waals surface area contributed by atoms with Crippen LogP contribution in [-0.2, 0) is 16.8 Å². The summed E-state index contributed by atoms with van der Waals surface area (Å²) >= 11 is 0. The second kappa shape index (κ2) is 3.84. The van der Waals surface area contributed by atoms with Crippen LogP contribution in [0.3, 0.4) is 0 Å². The van der Waals surface area contributed by atoms with Crippen LogP contribution in [0.25, 0.3) is 0 Å². The molecule has 0 atom stereocenters. The number of hydrogen-bond acceptors (Lipinski definition) is 2. The van der Waals surface area contributed by atoms with Crippen molar-refractivity contribution >= 4 is 5.91 Å². The molecule has 3 heteroatoms. The maximum Gasteiger partial charge on any atom is 0.225 e. The Bertz CT molecular complexity index is 447. The third-order valence-corrected chi connectivity index (χ3v) is 4.10. The molecule has 0 aliphatic carbocycles. The van der Waals surface area contributed by atoms with Crippen molar-refractivity contribution in [2.75, 3.05) is 20.1 Å². The quantitative estimate of drug-likeness (QED) is 0.728. The SMILES string of the molecule is CN1CCC2(CC1)NC(=O)Cc1ccccc12. The molecule has 1 aromatic rings. The van der Waals surface area contributed by atoms with E-state index in [1.54, 1.807) is 0 Å². The zero-order valence-electron chi connectivity index (χ0n) is 10.2. The first-order chi connectivity index (χ1) is 8.20. The van der Waals surface area contributed by atoms with Gasteiger partial charge in [0.1, 0.15) is 0 Å². The lowest BCUT2D eigenvalue weighted by molar-refractivity contribution is -0.124. The van der Waals surface area contributed by atoms with Crippen LogP contribution < -0.4 is 5.32 Å². The molecule has 0 unspecified atom stereocenters. The highest BCUT2D eigenvalue weighted by Gasteiger charge is 2.40. The summed E-state index contributed by atoms with van der Waals surface area (Å²) in [5, 5.41) is 3.24. The Morgan fingerprint density at radius 2 is 1.94 bits per heavy atom. The lowest BCUT2D eigenvalue weighted by Gasteiger charge is -2.45. The summed E-state index contributed by atoms with van der Waals surface area (Å²) in [5.74, 6) is 0.174. The Morgan fingerprint density at radius 1 is 1.24 bits per heavy atom. The Balaban J connectivity index is 2.02. The Labute approximate surface area is 102 Å². The van der Waals surface area contributed by atoms with Gasteiger partial charge in [-0.3, -0.25) is 4.79 Å². The average molecular weight is 230 g/mol. The highest BCUT2D eigenvalue weighted by atomic mass is 16.1. The van der Waals surface area contributed by atoms with Crippen molar-refractivity contribution in [2.45, 2.75) is 24.8 Å². The van der Waals surface area contributed by atoms with Crippen LogP contribution in [0.4, 0.5) is 0 Å². The monoisotopic (exact) mass is 230 g/mol. The van der Waals surface area contributed by atoms with Gasteiger partial charge in [-0.1, -0.05) is 24.3 Å². The van der Waals surface area contributed by atoms with Gasteiger partial charge in [0.2, 0.25) is 5.91 Å². The van der Waals surface area contributed by atoms with Gasteiger partial charge in [0.25, 0.3) is 0 Å². The lowest BCUT2D eigenvalue weighted by Crippen LogP contribution is -2.55. The predicted molar refractivity (Wildman–Crippen MR) is 66.7 cm³/mol. The molecular formula is C14H18N2O. The van der Waals surface area contributed by atoms with Crippen molar-refractivity contribution in [2.24, 2.45) is 0 Å². The van der Waals surface area contributed by atoms with E-state index in [0.29, 0.717) is 6.42 Å². The average Bonchev–Trinajstić information content (AvgIpc) is 2.33. The summed E-state index contributed by atoms with van der Waals surface area (Å²) < 4.78 is 0. The number of carbonyl (C=O) groups is 1. The Morgan fingerprint density at radius 3 is 2.71 bits per heavy atom. The molecule has 17 heavy (non-hydrogen) atoms. The van der Waals surface area contributed by atoms with Gasteiger partial charge in [0, 0.05) is 13.1 Å². The fourth-order valence-corrected chi connectivity index (χ4v) is 3.09. The summed E-state index contributed by atoms with van der Waals surface area (Å²) in [7, 11) is 2.14. The minimum absolute atomic E-state index is 0.0988. The maximum atomic E-state index is 11.9. The van der Waals surface area contributed by atoms with Gasteiger partial charge < -0.3 is 10.2 Å². The van der Waals surface area contributed by atoms with Crippen LogP contribution in [0.5, 0.6) is 0 Å². The molecular weight excluding hydrogens is 212 g/mol. The molecule has 0 aromatic heterocycles. The number of piperidine rings is 1. The van der Waals surface area contributed by atoms with Crippen molar-refractivity contribution in [3.05, 3.63) is 35.4 Å². The molecule has 3 rings (SSSR count). The van der Waals surface area contributed by atoms with E-state index in [0.717, 1.165) is 25.9 Å². The van der Waals surface area contributed by atoms with E-state index in [-0.39, 0.29) is 11.4 Å². The van der Waals surface area contributed by atoms with E-state index < -0.39 is 0 Å². The number of hydrogen-bond donors (Lipinski definition) is 1. The molecule has 1 aromatic carbocycles. The topological polar surface area (TPSA) is 32.3 Å². The smallest absolute Gasteiger partial charge is 0.225 e. The second-order valence-corrected chi connectivity index (χ2v) is 5.27. The van der Waals surface area contributed by atoms with E-state index in [1.165, 1.54) is 11.1 Å². The fraction of sp³-hybridized carbons (Fsp3) is 0.500. The van der Waals surface area contributed by atoms with Crippen molar-refractivity contribution in [1.29, 1.82) is 0 Å². The van der Waals surface area contributed by atoms with Gasteiger partial charge in [0.15, 0.2) is 0 Å². The Kier molecular flexibility index (Phi) is 2.44. The van der Waals surface area contributed by atoms with E-state index in [2.05, 4.69) is 35.5 Å². The van der Waals surface area contributed by atoms with Crippen LogP contribution in [0.1, 0.15) is 24.0 Å². The van der Waals surface area contributed by atoms with Gasteiger partial charge in [0.05, 0.1) is 12.0 Å². The number of rotatable bonds is 0. The molecule has 1 spiro atoms. The van der Waals surface area contributed by atoms with Crippen LogP contribution in [-0.4, -0.2) is 30.9 Å². The van der Waals surface area contributed by atoms with Gasteiger partial charge in [-0.2, -0.15) is 0 Å². The van der Waals surface area contributed by atoms with Crippen LogP contribution >= 0.6 is 0 Å². The summed E-state index contributed by atoms with van der Waals surface area (Å²) in [5.41, 5.74) is 2.45. The van der Waals surface area contributed by atoms with Gasteiger partial charge >= 0.3 is 0 Å². The zero-order chi connectivity index (χ0) is 11.9. The van der Waals surface area contributed by atoms with E-state index >= 15 is 0 Å². The summed E-state index contributed by atoms with van der Waals surface area (Å²) in [6.45, 7) is 2.10. The van der Waals surface area contributed by atoms with E-state index in [1.807, 2.05) is 6.07 Å². The third kappa shape index (κ3) is 1.75. The summed E-state index contributed by atoms with van der Waals surface area (Å²) in [4.78, 5) is 14.2. The first-order valence-electron chi connectivity index (χ1n) is 6.28. The summed E-state index contributed by atoms with van der Waals surface area (Å²) in [6.07, 6.45) is 2.58. The number of nitrogens with zero attached hydrogens (tertiary/aromatic N) is 1. The minimum Gasteiger partial charge on any atom is -0.346 e. The first-order valence-corrected chi connectivity index (χ1v) is 6.28. The molecule has 2 heterocycles. The molecule has 2 aliphatic heterocycles. The molecule has 1 saturated heterocycles. The molecule has 0 bridgehead atoms. The zero-order valence-corrected chi connectivity index (χ0v) is 10.2. The molecule has 1 N–H and O–H groups in total. The largest absolute Gasteiger partial charge is 0.346 e.